The van der Waals surface area contributed by atoms with Gasteiger partial charge in [0.05, 0.1) is 19.8 Å². The van der Waals surface area contributed by atoms with Crippen LogP contribution in [0.5, 0.6) is 5.75 Å². The van der Waals surface area contributed by atoms with Crippen molar-refractivity contribution in [2.24, 2.45) is 0 Å². The number of hydrogen-bond donors (Lipinski definition) is 3. The molecule has 0 bridgehead atoms. The fourth-order valence-corrected chi connectivity index (χ4v) is 2.91. The topological polar surface area (TPSA) is 66.3 Å². The minimum absolute atomic E-state index is 0. The molecule has 4 nitrogen and oxygen atoms in total. The summed E-state index contributed by atoms with van der Waals surface area (Å²) >= 11 is 0. The molecule has 0 amide bonds. The monoisotopic (exact) mass is 393 g/mol. The van der Waals surface area contributed by atoms with Crippen LogP contribution in [0.15, 0.2) is 48.5 Å². The molecule has 150 valence electrons. The van der Waals surface area contributed by atoms with E-state index in [-0.39, 0.29) is 17.8 Å². The van der Waals surface area contributed by atoms with Crippen LogP contribution in [0.1, 0.15) is 56.1 Å². The second kappa shape index (κ2) is 10.7. The molecular weight excluding hydrogens is 362 g/mol. The van der Waals surface area contributed by atoms with Gasteiger partial charge in [-0.1, -0.05) is 57.2 Å². The van der Waals surface area contributed by atoms with Crippen LogP contribution in [0, 0.1) is 0 Å². The number of rotatable bonds is 8. The summed E-state index contributed by atoms with van der Waals surface area (Å²) in [6.45, 7) is 7.87. The molecule has 2 aromatic carbocycles. The predicted molar refractivity (Wildman–Crippen MR) is 104 cm³/mol. The summed E-state index contributed by atoms with van der Waals surface area (Å²) in [5.41, 5.74) is 3.17. The van der Waals surface area contributed by atoms with Crippen molar-refractivity contribution in [1.29, 1.82) is 0 Å². The molecule has 0 aromatic heterocycles. The number of nitrogens with two attached hydrogens (primary N) is 1. The van der Waals surface area contributed by atoms with E-state index in [1.165, 1.54) is 5.56 Å². The number of quaternary nitrogens is 1. The maximum Gasteiger partial charge on any atom is 0.128 e. The molecule has 0 fully saturated rings. The van der Waals surface area contributed by atoms with E-state index in [4.69, 9.17) is 4.74 Å². The van der Waals surface area contributed by atoms with Gasteiger partial charge in [-0.3, -0.25) is 0 Å². The maximum absolute atomic E-state index is 10.4. The Morgan fingerprint density at radius 1 is 0.963 bits per heavy atom. The van der Waals surface area contributed by atoms with Gasteiger partial charge in [-0.15, -0.1) is 0 Å². The van der Waals surface area contributed by atoms with Crippen molar-refractivity contribution >= 4 is 0 Å². The zero-order valence-electron chi connectivity index (χ0n) is 16.7. The molecule has 0 aliphatic carbocycles. The Morgan fingerprint density at radius 3 is 2.22 bits per heavy atom. The van der Waals surface area contributed by atoms with Gasteiger partial charge in [-0.25, -0.2) is 0 Å². The first-order valence-corrected chi connectivity index (χ1v) is 9.23. The van der Waals surface area contributed by atoms with Crippen molar-refractivity contribution in [2.45, 2.75) is 44.8 Å². The zero-order valence-corrected chi connectivity index (χ0v) is 17.4. The summed E-state index contributed by atoms with van der Waals surface area (Å²) in [7, 11) is 1.62. The van der Waals surface area contributed by atoms with E-state index in [1.54, 1.807) is 7.11 Å². The van der Waals surface area contributed by atoms with Crippen LogP contribution < -0.4 is 22.5 Å². The van der Waals surface area contributed by atoms with E-state index in [1.807, 2.05) is 41.7 Å². The Kier molecular flexibility index (Phi) is 9.27. The van der Waals surface area contributed by atoms with E-state index >= 15 is 0 Å². The second-order valence-electron chi connectivity index (χ2n) is 7.78. The van der Waals surface area contributed by atoms with Crippen molar-refractivity contribution in [3.63, 3.8) is 0 Å². The average molecular weight is 394 g/mol. The van der Waals surface area contributed by atoms with Crippen LogP contribution in [-0.2, 0) is 5.41 Å². The third-order valence-corrected chi connectivity index (χ3v) is 4.67. The molecule has 0 saturated heterocycles. The van der Waals surface area contributed by atoms with Crippen molar-refractivity contribution in [2.75, 3.05) is 20.2 Å². The lowest BCUT2D eigenvalue weighted by Crippen LogP contribution is -3.00. The molecular formula is C22H32ClNO3. The Bertz CT molecular complexity index is 683. The van der Waals surface area contributed by atoms with Crippen LogP contribution in [0.2, 0.25) is 0 Å². The normalized spacial score (nSPS) is 13.6. The van der Waals surface area contributed by atoms with Gasteiger partial charge in [0.25, 0.3) is 0 Å². The van der Waals surface area contributed by atoms with Crippen LogP contribution in [-0.4, -0.2) is 30.4 Å². The fraction of sp³-hybridized carbons (Fsp3) is 0.455. The molecule has 0 heterocycles. The fourth-order valence-electron chi connectivity index (χ4n) is 2.91. The molecule has 0 saturated carbocycles. The molecule has 2 aromatic rings. The van der Waals surface area contributed by atoms with Crippen LogP contribution in [0.4, 0.5) is 0 Å². The first kappa shape index (κ1) is 23.4. The highest BCUT2D eigenvalue weighted by atomic mass is 35.5. The number of hydrogen-bond acceptors (Lipinski definition) is 3. The summed E-state index contributed by atoms with van der Waals surface area (Å²) in [5.74, 6) is 0.750. The third-order valence-electron chi connectivity index (χ3n) is 4.67. The Balaban J connectivity index is 0.00000364. The standard InChI is InChI=1S/C22H31NO3.ClH/c1-22(2,3)18-10-8-16(9-11-18)21(25)15-23-13-12-20(24)17-6-5-7-19(14-17)26-4;/h5-11,14,20-21,23-25H,12-13,15H2,1-4H3;1H. The van der Waals surface area contributed by atoms with Crippen LogP contribution in [0.25, 0.3) is 0 Å². The zero-order chi connectivity index (χ0) is 19.2. The first-order chi connectivity index (χ1) is 12.3. The molecule has 0 aliphatic rings. The van der Waals surface area contributed by atoms with Crippen LogP contribution in [0.3, 0.4) is 0 Å². The van der Waals surface area contributed by atoms with Gasteiger partial charge < -0.3 is 32.7 Å². The molecule has 2 atom stereocenters. The Hall–Kier alpha value is -1.59. The van der Waals surface area contributed by atoms with E-state index in [0.717, 1.165) is 23.4 Å². The molecule has 0 aliphatic heterocycles. The lowest BCUT2D eigenvalue weighted by atomic mass is 9.86. The number of aliphatic hydroxyl groups is 2. The smallest absolute Gasteiger partial charge is 0.128 e. The van der Waals surface area contributed by atoms with E-state index in [0.29, 0.717) is 13.0 Å². The van der Waals surface area contributed by atoms with Gasteiger partial charge in [0.2, 0.25) is 0 Å². The summed E-state index contributed by atoms with van der Waals surface area (Å²) in [5, 5.41) is 22.7. The number of halogens is 1. The lowest BCUT2D eigenvalue weighted by Gasteiger charge is -2.20. The summed E-state index contributed by atoms with van der Waals surface area (Å²) < 4.78 is 5.19. The average Bonchev–Trinajstić information content (AvgIpc) is 2.64. The second-order valence-corrected chi connectivity index (χ2v) is 7.78. The summed E-state index contributed by atoms with van der Waals surface area (Å²) in [6, 6.07) is 15.7. The van der Waals surface area contributed by atoms with Crippen molar-refractivity contribution in [3.05, 3.63) is 65.2 Å². The minimum atomic E-state index is -0.524. The molecule has 27 heavy (non-hydrogen) atoms. The Morgan fingerprint density at radius 2 is 1.63 bits per heavy atom. The van der Waals surface area contributed by atoms with E-state index in [2.05, 4.69) is 32.9 Å². The largest absolute Gasteiger partial charge is 1.00 e. The van der Waals surface area contributed by atoms with Gasteiger partial charge in [-0.05, 0) is 34.2 Å². The summed E-state index contributed by atoms with van der Waals surface area (Å²) in [6.07, 6.45) is -0.398. The quantitative estimate of drug-likeness (QED) is 0.540. The predicted octanol–water partition coefficient (Wildman–Crippen LogP) is -0.283. The maximum atomic E-state index is 10.4. The van der Waals surface area contributed by atoms with E-state index < -0.39 is 12.2 Å². The molecule has 2 rings (SSSR count). The van der Waals surface area contributed by atoms with Crippen molar-refractivity contribution < 1.29 is 32.7 Å². The minimum Gasteiger partial charge on any atom is -1.00 e. The lowest BCUT2D eigenvalue weighted by molar-refractivity contribution is -0.663. The number of methoxy groups -OCH3 is 1. The number of benzene rings is 2. The summed E-state index contributed by atoms with van der Waals surface area (Å²) in [4.78, 5) is 0. The van der Waals surface area contributed by atoms with Gasteiger partial charge in [0, 0.05) is 6.42 Å². The van der Waals surface area contributed by atoms with Crippen molar-refractivity contribution in [3.8, 4) is 5.75 Å². The number of aliphatic hydroxyl groups excluding tert-OH is 2. The molecule has 0 spiro atoms. The first-order valence-electron chi connectivity index (χ1n) is 9.23. The highest BCUT2D eigenvalue weighted by Gasteiger charge is 2.16. The molecule has 2 unspecified atom stereocenters. The van der Waals surface area contributed by atoms with E-state index in [9.17, 15) is 10.2 Å². The highest BCUT2D eigenvalue weighted by Crippen LogP contribution is 2.24. The van der Waals surface area contributed by atoms with Gasteiger partial charge in [0.1, 0.15) is 18.4 Å². The molecule has 4 N–H and O–H groups in total. The molecule has 5 heteroatoms. The number of ether oxygens (including phenoxy) is 1. The highest BCUT2D eigenvalue weighted by molar-refractivity contribution is 5.30. The third kappa shape index (κ3) is 7.15. The SMILES string of the molecule is COc1cccc(C(O)CC[NH2+]CC(O)c2ccc(C(C)(C)C)cc2)c1.[Cl-]. The molecule has 0 radical (unpaired) electrons. The van der Waals surface area contributed by atoms with Gasteiger partial charge >= 0.3 is 0 Å². The Labute approximate surface area is 169 Å². The van der Waals surface area contributed by atoms with Crippen LogP contribution >= 0.6 is 0 Å². The van der Waals surface area contributed by atoms with Crippen molar-refractivity contribution in [1.82, 2.24) is 0 Å². The van der Waals surface area contributed by atoms with Gasteiger partial charge in [-0.2, -0.15) is 0 Å². The van der Waals surface area contributed by atoms with Gasteiger partial charge in [0.15, 0.2) is 0 Å².